The van der Waals surface area contributed by atoms with E-state index in [1.54, 1.807) is 20.8 Å². The molecule has 0 saturated carbocycles. The van der Waals surface area contributed by atoms with E-state index >= 15 is 0 Å². The summed E-state index contributed by atoms with van der Waals surface area (Å²) in [7, 11) is 0. The summed E-state index contributed by atoms with van der Waals surface area (Å²) in [6.45, 7) is 4.51. The molecule has 4 N–H and O–H groups in total. The van der Waals surface area contributed by atoms with Crippen molar-refractivity contribution in [3.8, 4) is 0 Å². The first kappa shape index (κ1) is 23.6. The highest BCUT2D eigenvalue weighted by atomic mass is 19.4. The number of nitrogens with zero attached hydrogens (tertiary/aromatic N) is 1. The lowest BCUT2D eigenvalue weighted by atomic mass is 9.95. The van der Waals surface area contributed by atoms with Crippen LogP contribution < -0.4 is 21.3 Å². The number of carbonyl (C=O) groups is 3. The first-order valence-electron chi connectivity index (χ1n) is 9.26. The van der Waals surface area contributed by atoms with Crippen molar-refractivity contribution < 1.29 is 32.3 Å². The molecule has 1 heterocycles. The zero-order valence-corrected chi connectivity index (χ0v) is 16.9. The van der Waals surface area contributed by atoms with E-state index in [-0.39, 0.29) is 37.7 Å². The lowest BCUT2D eigenvalue weighted by Gasteiger charge is -2.29. The SMILES string of the molecule is CC(C)(C)C(=O)N[C@H](CN)C(=O)Nc1ccc(N2CCOCC2=O)c(C(F)(F)F)c1. The Morgan fingerprint density at radius 3 is 2.47 bits per heavy atom. The number of morpholine rings is 1. The van der Waals surface area contributed by atoms with Gasteiger partial charge in [0.25, 0.3) is 5.91 Å². The minimum atomic E-state index is -4.76. The number of hydrogen-bond donors (Lipinski definition) is 3. The predicted octanol–water partition coefficient (Wildman–Crippen LogP) is 1.50. The normalized spacial score (nSPS) is 16.2. The third kappa shape index (κ3) is 5.70. The summed E-state index contributed by atoms with van der Waals surface area (Å²) in [5.41, 5.74) is 3.25. The van der Waals surface area contributed by atoms with Gasteiger partial charge in [-0.2, -0.15) is 13.2 Å². The summed E-state index contributed by atoms with van der Waals surface area (Å²) >= 11 is 0. The monoisotopic (exact) mass is 430 g/mol. The van der Waals surface area contributed by atoms with E-state index in [9.17, 15) is 27.6 Å². The Labute approximate surface area is 171 Å². The zero-order chi connectivity index (χ0) is 22.7. The molecule has 1 aliphatic heterocycles. The fourth-order valence-electron chi connectivity index (χ4n) is 2.68. The summed E-state index contributed by atoms with van der Waals surface area (Å²) in [4.78, 5) is 37.5. The van der Waals surface area contributed by atoms with Gasteiger partial charge >= 0.3 is 6.18 Å². The molecule has 8 nitrogen and oxygen atoms in total. The van der Waals surface area contributed by atoms with Gasteiger partial charge in [0.05, 0.1) is 17.9 Å². The highest BCUT2D eigenvalue weighted by molar-refractivity contribution is 5.99. The maximum atomic E-state index is 13.6. The van der Waals surface area contributed by atoms with Gasteiger partial charge in [0.2, 0.25) is 11.8 Å². The molecule has 0 unspecified atom stereocenters. The number of carbonyl (C=O) groups excluding carboxylic acids is 3. The third-order valence-corrected chi connectivity index (χ3v) is 4.38. The molecular weight excluding hydrogens is 405 g/mol. The molecule has 30 heavy (non-hydrogen) atoms. The maximum absolute atomic E-state index is 13.6. The summed E-state index contributed by atoms with van der Waals surface area (Å²) in [6.07, 6.45) is -4.76. The molecule has 0 aromatic heterocycles. The molecule has 1 aromatic rings. The topological polar surface area (TPSA) is 114 Å². The first-order valence-corrected chi connectivity index (χ1v) is 9.26. The molecule has 0 aliphatic carbocycles. The number of benzene rings is 1. The number of amides is 3. The minimum absolute atomic E-state index is 0.0122. The third-order valence-electron chi connectivity index (χ3n) is 4.38. The quantitative estimate of drug-likeness (QED) is 0.655. The molecule has 0 bridgehead atoms. The predicted molar refractivity (Wildman–Crippen MR) is 104 cm³/mol. The average Bonchev–Trinajstić information content (AvgIpc) is 2.64. The van der Waals surface area contributed by atoms with Crippen molar-refractivity contribution in [2.45, 2.75) is 33.0 Å². The Morgan fingerprint density at radius 2 is 1.93 bits per heavy atom. The molecule has 11 heteroatoms. The van der Waals surface area contributed by atoms with Crippen LogP contribution in [0, 0.1) is 5.41 Å². The van der Waals surface area contributed by atoms with Crippen LogP contribution >= 0.6 is 0 Å². The largest absolute Gasteiger partial charge is 0.418 e. The average molecular weight is 430 g/mol. The maximum Gasteiger partial charge on any atom is 0.418 e. The van der Waals surface area contributed by atoms with Crippen molar-refractivity contribution in [1.82, 2.24) is 5.32 Å². The molecule has 1 fully saturated rings. The molecule has 1 aromatic carbocycles. The molecule has 1 saturated heterocycles. The Kier molecular flexibility index (Phi) is 7.09. The van der Waals surface area contributed by atoms with Gasteiger partial charge in [-0.1, -0.05) is 20.8 Å². The van der Waals surface area contributed by atoms with Gasteiger partial charge in [0.15, 0.2) is 0 Å². The number of nitrogens with two attached hydrogens (primary N) is 1. The number of halogens is 3. The van der Waals surface area contributed by atoms with Gasteiger partial charge in [-0.3, -0.25) is 14.4 Å². The summed E-state index contributed by atoms with van der Waals surface area (Å²) in [5, 5.41) is 4.82. The molecule has 166 valence electrons. The van der Waals surface area contributed by atoms with Gasteiger partial charge in [0, 0.05) is 24.2 Å². The van der Waals surface area contributed by atoms with Gasteiger partial charge in [-0.15, -0.1) is 0 Å². The van der Waals surface area contributed by atoms with Gasteiger partial charge in [-0.05, 0) is 18.2 Å². The van der Waals surface area contributed by atoms with E-state index < -0.39 is 40.9 Å². The van der Waals surface area contributed by atoms with Crippen LogP contribution in [0.1, 0.15) is 26.3 Å². The fourth-order valence-corrected chi connectivity index (χ4v) is 2.68. The minimum Gasteiger partial charge on any atom is -0.370 e. The van der Waals surface area contributed by atoms with E-state index in [1.807, 2.05) is 0 Å². The van der Waals surface area contributed by atoms with Crippen LogP contribution in [-0.2, 0) is 25.3 Å². The van der Waals surface area contributed by atoms with Crippen LogP contribution in [0.15, 0.2) is 18.2 Å². The van der Waals surface area contributed by atoms with Crippen molar-refractivity contribution in [3.63, 3.8) is 0 Å². The van der Waals surface area contributed by atoms with Crippen LogP contribution in [0.4, 0.5) is 24.5 Å². The fraction of sp³-hybridized carbons (Fsp3) is 0.526. The van der Waals surface area contributed by atoms with E-state index in [2.05, 4.69) is 10.6 Å². The number of rotatable bonds is 5. The van der Waals surface area contributed by atoms with Crippen LogP contribution in [-0.4, -0.2) is 50.1 Å². The number of nitrogens with one attached hydrogen (secondary N) is 2. The summed E-state index contributed by atoms with van der Waals surface area (Å²) in [6, 6.07) is 2.00. The number of anilines is 2. The Bertz CT molecular complexity index is 821. The molecule has 1 atom stereocenters. The van der Waals surface area contributed by atoms with Gasteiger partial charge < -0.3 is 26.0 Å². The summed E-state index contributed by atoms with van der Waals surface area (Å²) in [5.74, 6) is -1.76. The summed E-state index contributed by atoms with van der Waals surface area (Å²) < 4.78 is 45.8. The second kappa shape index (κ2) is 9.00. The molecule has 1 aliphatic rings. The molecule has 3 amide bonds. The number of hydrogen-bond acceptors (Lipinski definition) is 5. The highest BCUT2D eigenvalue weighted by Crippen LogP contribution is 2.38. The van der Waals surface area contributed by atoms with Crippen molar-refractivity contribution in [2.24, 2.45) is 11.1 Å². The van der Waals surface area contributed by atoms with Crippen molar-refractivity contribution >= 4 is 29.1 Å². The van der Waals surface area contributed by atoms with E-state index in [4.69, 9.17) is 10.5 Å². The standard InChI is InChI=1S/C19H25F3N4O4/c1-18(2,3)17(29)25-13(9-23)16(28)24-11-4-5-14(12(8-11)19(20,21)22)26-6-7-30-10-15(26)27/h4-5,8,13H,6-7,9-10,23H2,1-3H3,(H,24,28)(H,25,29)/t13-/m1/s1. The number of alkyl halides is 3. The smallest absolute Gasteiger partial charge is 0.370 e. The molecule has 0 radical (unpaired) electrons. The highest BCUT2D eigenvalue weighted by Gasteiger charge is 2.37. The van der Waals surface area contributed by atoms with Crippen molar-refractivity contribution in [3.05, 3.63) is 23.8 Å². The lowest BCUT2D eigenvalue weighted by molar-refractivity contribution is -0.137. The molecular formula is C19H25F3N4O4. The lowest BCUT2D eigenvalue weighted by Crippen LogP contribution is -2.51. The molecule has 2 rings (SSSR count). The van der Waals surface area contributed by atoms with E-state index in [0.29, 0.717) is 0 Å². The number of ether oxygens (including phenoxy) is 1. The van der Waals surface area contributed by atoms with Crippen LogP contribution in [0.25, 0.3) is 0 Å². The zero-order valence-electron chi connectivity index (χ0n) is 16.9. The van der Waals surface area contributed by atoms with Gasteiger partial charge in [-0.25, -0.2) is 0 Å². The van der Waals surface area contributed by atoms with Gasteiger partial charge in [0.1, 0.15) is 12.6 Å². The Morgan fingerprint density at radius 1 is 1.27 bits per heavy atom. The van der Waals surface area contributed by atoms with E-state index in [1.165, 1.54) is 6.07 Å². The first-order chi connectivity index (χ1) is 13.8. The second-order valence-corrected chi connectivity index (χ2v) is 7.83. The van der Waals surface area contributed by atoms with Crippen LogP contribution in [0.5, 0.6) is 0 Å². The Hall–Kier alpha value is -2.66. The second-order valence-electron chi connectivity index (χ2n) is 7.83. The van der Waals surface area contributed by atoms with Crippen LogP contribution in [0.2, 0.25) is 0 Å². The van der Waals surface area contributed by atoms with Crippen LogP contribution in [0.3, 0.4) is 0 Å². The van der Waals surface area contributed by atoms with Crippen molar-refractivity contribution in [2.75, 3.05) is 36.5 Å². The Balaban J connectivity index is 2.26. The van der Waals surface area contributed by atoms with E-state index in [0.717, 1.165) is 17.0 Å². The molecule has 0 spiro atoms. The van der Waals surface area contributed by atoms with Crippen molar-refractivity contribution in [1.29, 1.82) is 0 Å².